The van der Waals surface area contributed by atoms with Gasteiger partial charge in [-0.05, 0) is 45.6 Å². The molecule has 1 aromatic heterocycles. The quantitative estimate of drug-likeness (QED) is 0.162. The fourth-order valence-electron chi connectivity index (χ4n) is 3.76. The molecule has 1 aliphatic heterocycles. The molecule has 2 rings (SSSR count). The largest absolute Gasteiger partial charge is 0.383 e. The van der Waals surface area contributed by atoms with E-state index in [0.717, 1.165) is 17.6 Å². The van der Waals surface area contributed by atoms with Gasteiger partial charge >= 0.3 is 0 Å². The number of amides is 1. The molecule has 0 radical (unpaired) electrons. The molecule has 1 unspecified atom stereocenters. The van der Waals surface area contributed by atoms with Crippen LogP contribution in [0.25, 0.3) is 5.57 Å². The first kappa shape index (κ1) is 27.6. The molecule has 9 nitrogen and oxygen atoms in total. The summed E-state index contributed by atoms with van der Waals surface area (Å²) in [4.78, 5) is 33.4. The summed E-state index contributed by atoms with van der Waals surface area (Å²) in [5.41, 5.74) is 11.1. The fraction of sp³-hybridized carbons (Fsp3) is 0.462. The SMILES string of the molecule is C/C=C\C(C(=CCC)c1nc(N)c2c(n1)NC(=O)C2(C)C(=N)/C=N\NCCC(C)=O)=C(/C)C(C)C. The number of hydrogen-bond acceptors (Lipinski definition) is 8. The lowest BCUT2D eigenvalue weighted by Gasteiger charge is -2.22. The highest BCUT2D eigenvalue weighted by Crippen LogP contribution is 2.41. The lowest BCUT2D eigenvalue weighted by atomic mass is 9.80. The van der Waals surface area contributed by atoms with Crippen molar-refractivity contribution in [1.82, 2.24) is 15.4 Å². The molecule has 5 N–H and O–H groups in total. The standard InChI is InChI=1S/C26H37N7O2/c1-8-10-18(17(6)15(3)4)19(11-9-2)23-31-22(28)21-24(32-23)33-25(35)26(21,7)20(27)14-30-29-13-12-16(5)34/h8,10-11,14-15,27,29H,9,12-13H2,1-7H3,(H3,28,31,32,33,35)/b10-8-,18-17-,19-11?,27-20?,30-14-. The Hall–Kier alpha value is -3.62. The average molecular weight is 480 g/mol. The van der Waals surface area contributed by atoms with Crippen LogP contribution in [-0.2, 0) is 15.0 Å². The Kier molecular flexibility index (Phi) is 9.22. The Morgan fingerprint density at radius 1 is 1.31 bits per heavy atom. The van der Waals surface area contributed by atoms with E-state index in [2.05, 4.69) is 52.7 Å². The number of allylic oxidation sites excluding steroid dienone is 6. The first-order chi connectivity index (χ1) is 16.5. The van der Waals surface area contributed by atoms with Crippen LogP contribution in [0.5, 0.6) is 0 Å². The third kappa shape index (κ3) is 5.90. The second-order valence-corrected chi connectivity index (χ2v) is 9.04. The van der Waals surface area contributed by atoms with Crippen molar-refractivity contribution in [3.8, 4) is 0 Å². The van der Waals surface area contributed by atoms with E-state index in [4.69, 9.17) is 11.1 Å². The van der Waals surface area contributed by atoms with Crippen LogP contribution in [0, 0.1) is 11.3 Å². The molecule has 0 aromatic carbocycles. The van der Waals surface area contributed by atoms with E-state index in [1.165, 1.54) is 18.7 Å². The molecule has 1 atom stereocenters. The molecule has 0 fully saturated rings. The minimum atomic E-state index is -1.39. The monoisotopic (exact) mass is 479 g/mol. The summed E-state index contributed by atoms with van der Waals surface area (Å²) in [6, 6.07) is 0. The van der Waals surface area contributed by atoms with Gasteiger partial charge in [-0.3, -0.25) is 9.59 Å². The minimum absolute atomic E-state index is 0.0343. The van der Waals surface area contributed by atoms with Crippen LogP contribution >= 0.6 is 0 Å². The van der Waals surface area contributed by atoms with Crippen LogP contribution in [0.15, 0.2) is 34.5 Å². The maximum absolute atomic E-state index is 13.0. The van der Waals surface area contributed by atoms with E-state index in [0.29, 0.717) is 36.1 Å². The van der Waals surface area contributed by atoms with Crippen LogP contribution in [-0.4, -0.2) is 40.1 Å². The number of aromatic nitrogens is 2. The smallest absolute Gasteiger partial charge is 0.242 e. The number of nitrogen functional groups attached to an aromatic ring is 1. The van der Waals surface area contributed by atoms with E-state index in [-0.39, 0.29) is 17.3 Å². The van der Waals surface area contributed by atoms with Crippen molar-refractivity contribution < 1.29 is 9.59 Å². The average Bonchev–Trinajstić information content (AvgIpc) is 3.06. The maximum atomic E-state index is 13.0. The number of nitrogens with two attached hydrogens (primary N) is 1. The van der Waals surface area contributed by atoms with Gasteiger partial charge < -0.3 is 21.9 Å². The van der Waals surface area contributed by atoms with Crippen molar-refractivity contribution in [3.63, 3.8) is 0 Å². The predicted molar refractivity (Wildman–Crippen MR) is 143 cm³/mol. The number of rotatable bonds is 11. The third-order valence-electron chi connectivity index (χ3n) is 6.10. The second kappa shape index (κ2) is 11.7. The van der Waals surface area contributed by atoms with E-state index < -0.39 is 11.3 Å². The number of ketones is 1. The lowest BCUT2D eigenvalue weighted by molar-refractivity contribution is -0.118. The molecule has 35 heavy (non-hydrogen) atoms. The van der Waals surface area contributed by atoms with Crippen LogP contribution in [0.2, 0.25) is 0 Å². The number of anilines is 2. The highest BCUT2D eigenvalue weighted by Gasteiger charge is 2.49. The summed E-state index contributed by atoms with van der Waals surface area (Å²) in [6.07, 6.45) is 8.42. The molecule has 0 bridgehead atoms. The van der Waals surface area contributed by atoms with E-state index in [9.17, 15) is 9.59 Å². The molecule has 188 valence electrons. The summed E-state index contributed by atoms with van der Waals surface area (Å²) in [5, 5.41) is 15.3. The highest BCUT2D eigenvalue weighted by atomic mass is 16.2. The number of Topliss-reactive ketones (excluding diaryl/α,β-unsaturated/α-hetero) is 1. The topological polar surface area (TPSA) is 146 Å². The van der Waals surface area contributed by atoms with Gasteiger partial charge in [-0.25, -0.2) is 9.97 Å². The van der Waals surface area contributed by atoms with Gasteiger partial charge in [0.2, 0.25) is 5.91 Å². The molecule has 0 saturated carbocycles. The van der Waals surface area contributed by atoms with Crippen molar-refractivity contribution in [2.75, 3.05) is 17.6 Å². The molecule has 1 aliphatic rings. The minimum Gasteiger partial charge on any atom is -0.383 e. The van der Waals surface area contributed by atoms with Gasteiger partial charge in [-0.1, -0.05) is 44.6 Å². The number of carbonyl (C=O) groups excluding carboxylic acids is 2. The van der Waals surface area contributed by atoms with Crippen molar-refractivity contribution in [2.24, 2.45) is 11.0 Å². The molecule has 2 heterocycles. The number of fused-ring (bicyclic) bond motifs is 1. The van der Waals surface area contributed by atoms with Crippen LogP contribution in [0.1, 0.15) is 72.7 Å². The van der Waals surface area contributed by atoms with Gasteiger partial charge in [0.1, 0.15) is 22.8 Å². The predicted octanol–water partition coefficient (Wildman–Crippen LogP) is 4.18. The van der Waals surface area contributed by atoms with Gasteiger partial charge in [0.25, 0.3) is 0 Å². The summed E-state index contributed by atoms with van der Waals surface area (Å²) in [6.45, 7) is 13.8. The van der Waals surface area contributed by atoms with Crippen molar-refractivity contribution >= 4 is 40.8 Å². The normalized spacial score (nSPS) is 18.7. The molecule has 0 aliphatic carbocycles. The zero-order valence-electron chi connectivity index (χ0n) is 21.7. The first-order valence-electron chi connectivity index (χ1n) is 11.9. The summed E-state index contributed by atoms with van der Waals surface area (Å²) in [5.74, 6) is 0.790. The molecule has 0 spiro atoms. The fourth-order valence-corrected chi connectivity index (χ4v) is 3.76. The summed E-state index contributed by atoms with van der Waals surface area (Å²) in [7, 11) is 0. The van der Waals surface area contributed by atoms with Crippen molar-refractivity contribution in [1.29, 1.82) is 5.41 Å². The van der Waals surface area contributed by atoms with Gasteiger partial charge in [-0.15, -0.1) is 0 Å². The molecule has 1 aromatic rings. The van der Waals surface area contributed by atoms with Gasteiger partial charge in [0.05, 0.1) is 17.5 Å². The van der Waals surface area contributed by atoms with Gasteiger partial charge in [0.15, 0.2) is 5.82 Å². The molecular weight excluding hydrogens is 442 g/mol. The van der Waals surface area contributed by atoms with Crippen molar-refractivity contribution in [3.05, 3.63) is 40.8 Å². The number of carbonyl (C=O) groups is 2. The Balaban J connectivity index is 2.53. The van der Waals surface area contributed by atoms with Crippen LogP contribution in [0.4, 0.5) is 11.6 Å². The number of nitrogens with one attached hydrogen (secondary N) is 3. The zero-order chi connectivity index (χ0) is 26.3. The van der Waals surface area contributed by atoms with E-state index in [1.54, 1.807) is 6.92 Å². The lowest BCUT2D eigenvalue weighted by Crippen LogP contribution is -2.40. The number of hydrogen-bond donors (Lipinski definition) is 4. The Morgan fingerprint density at radius 2 is 2.00 bits per heavy atom. The summed E-state index contributed by atoms with van der Waals surface area (Å²) < 4.78 is 0. The number of nitrogens with zero attached hydrogens (tertiary/aromatic N) is 3. The highest BCUT2D eigenvalue weighted by molar-refractivity contribution is 6.41. The Bertz CT molecular complexity index is 1130. The van der Waals surface area contributed by atoms with Gasteiger partial charge in [-0.2, -0.15) is 5.10 Å². The van der Waals surface area contributed by atoms with E-state index in [1.807, 2.05) is 26.0 Å². The maximum Gasteiger partial charge on any atom is 0.242 e. The Morgan fingerprint density at radius 3 is 2.57 bits per heavy atom. The van der Waals surface area contributed by atoms with Gasteiger partial charge in [0, 0.05) is 18.5 Å². The zero-order valence-corrected chi connectivity index (χ0v) is 21.7. The molecule has 0 saturated heterocycles. The third-order valence-corrected chi connectivity index (χ3v) is 6.10. The molecule has 9 heteroatoms. The first-order valence-corrected chi connectivity index (χ1v) is 11.9. The second-order valence-electron chi connectivity index (χ2n) is 9.04. The molecular formula is C26H37N7O2. The van der Waals surface area contributed by atoms with E-state index >= 15 is 0 Å². The Labute approximate surface area is 207 Å². The van der Waals surface area contributed by atoms with Crippen LogP contribution in [0.3, 0.4) is 0 Å². The summed E-state index contributed by atoms with van der Waals surface area (Å²) >= 11 is 0. The molecule has 1 amide bonds. The van der Waals surface area contributed by atoms with Crippen LogP contribution < -0.4 is 16.5 Å². The van der Waals surface area contributed by atoms with Crippen molar-refractivity contribution in [2.45, 2.75) is 66.7 Å². The number of hydrazone groups is 1.